The third-order valence-corrected chi connectivity index (χ3v) is 5.25. The Kier molecular flexibility index (Phi) is 8.99. The molecule has 2 amide bonds. The summed E-state index contributed by atoms with van der Waals surface area (Å²) in [7, 11) is 0. The van der Waals surface area contributed by atoms with E-state index < -0.39 is 17.8 Å². The summed E-state index contributed by atoms with van der Waals surface area (Å²) < 4.78 is 13.1. The van der Waals surface area contributed by atoms with Gasteiger partial charge >= 0.3 is 0 Å². The van der Waals surface area contributed by atoms with E-state index in [2.05, 4.69) is 41.5 Å². The van der Waals surface area contributed by atoms with Crippen LogP contribution in [-0.2, 0) is 4.79 Å². The predicted molar refractivity (Wildman–Crippen MR) is 118 cm³/mol. The van der Waals surface area contributed by atoms with Gasteiger partial charge in [0, 0.05) is 12.1 Å². The summed E-state index contributed by atoms with van der Waals surface area (Å²) in [5.41, 5.74) is 1.46. The fourth-order valence-electron chi connectivity index (χ4n) is 3.47. The molecule has 2 N–H and O–H groups in total. The molecule has 0 fully saturated rings. The number of nitrogens with zero attached hydrogens (tertiary/aromatic N) is 1. The van der Waals surface area contributed by atoms with Crippen LogP contribution in [0.15, 0.2) is 54.6 Å². The maximum Gasteiger partial charge on any atom is 0.251 e. The quantitative estimate of drug-likeness (QED) is 0.623. The molecule has 6 heteroatoms. The lowest BCUT2D eigenvalue weighted by molar-refractivity contribution is -0.124. The van der Waals surface area contributed by atoms with Gasteiger partial charge in [0.05, 0.1) is 6.04 Å². The molecule has 0 unspecified atom stereocenters. The molecular formula is C24H32FN3O2. The van der Waals surface area contributed by atoms with Crippen molar-refractivity contribution in [3.63, 3.8) is 0 Å². The summed E-state index contributed by atoms with van der Waals surface area (Å²) >= 11 is 0. The van der Waals surface area contributed by atoms with Gasteiger partial charge in [-0.25, -0.2) is 4.39 Å². The molecule has 0 aliphatic heterocycles. The van der Waals surface area contributed by atoms with Crippen molar-refractivity contribution in [3.8, 4) is 0 Å². The number of hydrogen-bond acceptors (Lipinski definition) is 3. The van der Waals surface area contributed by atoms with Crippen molar-refractivity contribution in [2.45, 2.75) is 39.8 Å². The Hall–Kier alpha value is -2.73. The zero-order chi connectivity index (χ0) is 22.1. The number of benzene rings is 2. The lowest BCUT2D eigenvalue weighted by atomic mass is 10.0. The Bertz CT molecular complexity index is 805. The first kappa shape index (κ1) is 23.5. The number of halogens is 1. The molecule has 0 saturated carbocycles. The maximum absolute atomic E-state index is 13.1. The van der Waals surface area contributed by atoms with Crippen molar-refractivity contribution in [1.29, 1.82) is 0 Å². The second-order valence-electron chi connectivity index (χ2n) is 7.59. The monoisotopic (exact) mass is 413 g/mol. The van der Waals surface area contributed by atoms with Crippen molar-refractivity contribution in [1.82, 2.24) is 15.5 Å². The van der Waals surface area contributed by atoms with E-state index in [-0.39, 0.29) is 17.9 Å². The molecule has 0 saturated heterocycles. The van der Waals surface area contributed by atoms with Crippen LogP contribution in [0.2, 0.25) is 0 Å². The normalized spacial score (nSPS) is 13.2. The first-order valence-electron chi connectivity index (χ1n) is 10.5. The minimum absolute atomic E-state index is 0.0470. The van der Waals surface area contributed by atoms with Gasteiger partial charge in [-0.15, -0.1) is 0 Å². The molecule has 0 aromatic heterocycles. The highest BCUT2D eigenvalue weighted by Crippen LogP contribution is 2.19. The number of carbonyl (C=O) groups is 2. The van der Waals surface area contributed by atoms with Crippen LogP contribution in [0.4, 0.5) is 4.39 Å². The zero-order valence-corrected chi connectivity index (χ0v) is 18.2. The topological polar surface area (TPSA) is 61.4 Å². The Morgan fingerprint density at radius 2 is 1.57 bits per heavy atom. The van der Waals surface area contributed by atoms with E-state index in [1.165, 1.54) is 24.3 Å². The second-order valence-corrected chi connectivity index (χ2v) is 7.59. The summed E-state index contributed by atoms with van der Waals surface area (Å²) in [5.74, 6) is -1.13. The molecule has 2 rings (SSSR count). The second kappa shape index (κ2) is 11.5. The molecule has 5 nitrogen and oxygen atoms in total. The van der Waals surface area contributed by atoms with E-state index in [1.807, 2.05) is 32.0 Å². The smallest absolute Gasteiger partial charge is 0.251 e. The van der Waals surface area contributed by atoms with Crippen molar-refractivity contribution in [2.75, 3.05) is 19.6 Å². The Morgan fingerprint density at radius 1 is 0.967 bits per heavy atom. The average molecular weight is 414 g/mol. The standard InChI is InChI=1S/C24H32FN3O2/c1-5-28(6-2)21(18-10-8-7-9-11-18)16-26-24(30)22(17(3)4)27-23(29)19-12-14-20(25)15-13-19/h7-15,17,21-22H,5-6,16H2,1-4H3,(H,26,30)(H,27,29)/t21-,22+/m0/s1. The molecule has 0 aliphatic carbocycles. The Balaban J connectivity index is 2.09. The van der Waals surface area contributed by atoms with Crippen LogP contribution < -0.4 is 10.6 Å². The van der Waals surface area contributed by atoms with Crippen LogP contribution in [-0.4, -0.2) is 42.4 Å². The van der Waals surface area contributed by atoms with Gasteiger partial charge in [-0.05, 0) is 48.8 Å². The van der Waals surface area contributed by atoms with Crippen molar-refractivity contribution >= 4 is 11.8 Å². The number of amides is 2. The van der Waals surface area contributed by atoms with E-state index >= 15 is 0 Å². The highest BCUT2D eigenvalue weighted by atomic mass is 19.1. The van der Waals surface area contributed by atoms with Gasteiger partial charge in [0.2, 0.25) is 5.91 Å². The van der Waals surface area contributed by atoms with Crippen molar-refractivity contribution in [3.05, 3.63) is 71.5 Å². The highest BCUT2D eigenvalue weighted by Gasteiger charge is 2.26. The fraction of sp³-hybridized carbons (Fsp3) is 0.417. The van der Waals surface area contributed by atoms with Crippen LogP contribution in [0.25, 0.3) is 0 Å². The minimum atomic E-state index is -0.685. The first-order chi connectivity index (χ1) is 14.4. The Morgan fingerprint density at radius 3 is 2.10 bits per heavy atom. The molecule has 2 aromatic carbocycles. The summed E-state index contributed by atoms with van der Waals surface area (Å²) in [6, 6.07) is 14.7. The number of nitrogens with one attached hydrogen (secondary N) is 2. The highest BCUT2D eigenvalue weighted by molar-refractivity contribution is 5.97. The van der Waals surface area contributed by atoms with E-state index in [4.69, 9.17) is 0 Å². The molecule has 0 radical (unpaired) electrons. The first-order valence-corrected chi connectivity index (χ1v) is 10.5. The minimum Gasteiger partial charge on any atom is -0.352 e. The molecule has 162 valence electrons. The summed E-state index contributed by atoms with van der Waals surface area (Å²) in [6.07, 6.45) is 0. The number of rotatable bonds is 10. The number of likely N-dealkylation sites (N-methyl/N-ethyl adjacent to an activating group) is 1. The summed E-state index contributed by atoms with van der Waals surface area (Å²) in [6.45, 7) is 10.1. The molecule has 0 heterocycles. The van der Waals surface area contributed by atoms with Crippen LogP contribution in [0.1, 0.15) is 49.7 Å². The van der Waals surface area contributed by atoms with E-state index in [0.717, 1.165) is 18.7 Å². The van der Waals surface area contributed by atoms with Gasteiger partial charge in [0.15, 0.2) is 0 Å². The average Bonchev–Trinajstić information content (AvgIpc) is 2.75. The third kappa shape index (κ3) is 6.39. The van der Waals surface area contributed by atoms with Gasteiger partial charge in [-0.3, -0.25) is 14.5 Å². The maximum atomic E-state index is 13.1. The van der Waals surface area contributed by atoms with Gasteiger partial charge < -0.3 is 10.6 Å². The molecule has 0 bridgehead atoms. The molecular weight excluding hydrogens is 381 g/mol. The molecule has 0 spiro atoms. The van der Waals surface area contributed by atoms with Gasteiger partial charge in [-0.1, -0.05) is 58.0 Å². The molecule has 2 aromatic rings. The van der Waals surface area contributed by atoms with Gasteiger partial charge in [0.25, 0.3) is 5.91 Å². The fourth-order valence-corrected chi connectivity index (χ4v) is 3.47. The van der Waals surface area contributed by atoms with Crippen molar-refractivity contribution in [2.24, 2.45) is 5.92 Å². The summed E-state index contributed by atoms with van der Waals surface area (Å²) in [5, 5.41) is 5.81. The summed E-state index contributed by atoms with van der Waals surface area (Å²) in [4.78, 5) is 27.7. The van der Waals surface area contributed by atoms with E-state index in [9.17, 15) is 14.0 Å². The molecule has 2 atom stereocenters. The SMILES string of the molecule is CCN(CC)[C@@H](CNC(=O)[C@H](NC(=O)c1ccc(F)cc1)C(C)C)c1ccccc1. The van der Waals surface area contributed by atoms with Crippen molar-refractivity contribution < 1.29 is 14.0 Å². The Labute approximate surface area is 178 Å². The lowest BCUT2D eigenvalue weighted by Crippen LogP contribution is -2.51. The van der Waals surface area contributed by atoms with Gasteiger partial charge in [-0.2, -0.15) is 0 Å². The zero-order valence-electron chi connectivity index (χ0n) is 18.2. The van der Waals surface area contributed by atoms with Crippen LogP contribution in [0.5, 0.6) is 0 Å². The molecule has 0 aliphatic rings. The van der Waals surface area contributed by atoms with E-state index in [0.29, 0.717) is 12.1 Å². The van der Waals surface area contributed by atoms with Crippen LogP contribution in [0.3, 0.4) is 0 Å². The number of hydrogen-bond donors (Lipinski definition) is 2. The lowest BCUT2D eigenvalue weighted by Gasteiger charge is -2.31. The van der Waals surface area contributed by atoms with E-state index in [1.54, 1.807) is 0 Å². The molecule has 30 heavy (non-hydrogen) atoms. The number of carbonyl (C=O) groups excluding carboxylic acids is 2. The van der Waals surface area contributed by atoms with Crippen LogP contribution >= 0.6 is 0 Å². The largest absolute Gasteiger partial charge is 0.352 e. The van der Waals surface area contributed by atoms with Gasteiger partial charge in [0.1, 0.15) is 11.9 Å². The van der Waals surface area contributed by atoms with Crippen LogP contribution in [0, 0.1) is 11.7 Å². The predicted octanol–water partition coefficient (Wildman–Crippen LogP) is 3.78. The third-order valence-electron chi connectivity index (χ3n) is 5.25.